The van der Waals surface area contributed by atoms with Gasteiger partial charge in [0.25, 0.3) is 0 Å². The van der Waals surface area contributed by atoms with E-state index >= 15 is 0 Å². The molecule has 0 spiro atoms. The Bertz CT molecular complexity index is 2720. The van der Waals surface area contributed by atoms with Gasteiger partial charge in [-0.2, -0.15) is 0 Å². The van der Waals surface area contributed by atoms with Crippen LogP contribution in [-0.2, 0) is 376 Å². The van der Waals surface area contributed by atoms with Crippen LogP contribution in [0.3, 0.4) is 0 Å². The molecule has 0 aromatic rings. The summed E-state index contributed by atoms with van der Waals surface area (Å²) in [5.41, 5.74) is 0. The maximum atomic E-state index is 4.81. The molecule has 0 aliphatic carbocycles. The lowest BCUT2D eigenvalue weighted by molar-refractivity contribution is 4.64. The third kappa shape index (κ3) is 51.2. The standard InChI is InChI=1S/CS43/c2-1-4-6-8-10-12-14-16-18-20-22-24-26-28-30-32-34-36-38-40-42-44-43-41-39-37-35-33-31-29-27-25-23-21-19-17-15-13-11-9-7-5-3. The molecule has 0 rings (SSSR count). The van der Waals surface area contributed by atoms with Crippen molar-refractivity contribution < 1.29 is 0 Å². The van der Waals surface area contributed by atoms with E-state index in [1.807, 2.05) is 231 Å². The minimum atomic E-state index is 1.37. The Morgan fingerprint density at radius 1 is 0.205 bits per heavy atom. The molecule has 0 aliphatic heterocycles. The summed E-state index contributed by atoms with van der Waals surface area (Å²) in [6.07, 6.45) is 0. The number of hydrogen-bond donors (Lipinski definition) is 0. The van der Waals surface area contributed by atoms with Crippen molar-refractivity contribution in [3.63, 3.8) is 0 Å². The van der Waals surface area contributed by atoms with Gasteiger partial charge in [-0.05, 0) is 93.2 Å². The molecule has 0 aromatic carbocycles. The summed E-state index contributed by atoms with van der Waals surface area (Å²) in [5.74, 6) is 0. The fourth-order valence-electron chi connectivity index (χ4n) is 0.459. The molecule has 0 radical (unpaired) electrons. The molecule has 0 heterocycles. The van der Waals surface area contributed by atoms with Crippen LogP contribution in [0.2, 0.25) is 0 Å². The van der Waals surface area contributed by atoms with E-state index in [4.69, 9.17) is 11.2 Å². The average Bonchev–Trinajstić information content (AvgIpc) is 3.04. The molecule has 0 bridgehead atoms. The summed E-state index contributed by atoms with van der Waals surface area (Å²) >= 11 is 9.45. The fraction of sp³-hybridized carbons (Fsp3) is 0. The van der Waals surface area contributed by atoms with Gasteiger partial charge in [0.2, 0.25) is 0 Å². The highest BCUT2D eigenvalue weighted by Crippen LogP contribution is 1.45. The zero-order chi connectivity index (χ0) is 31.7. The minimum Gasteiger partial charge on any atom is -0.0148 e. The fourth-order valence-corrected chi connectivity index (χ4v) is 107. The Balaban J connectivity index is 6.05. The third-order valence-corrected chi connectivity index (χ3v) is 89.6. The lowest BCUT2D eigenvalue weighted by atomic mass is 12.0. The second-order valence-electron chi connectivity index (χ2n) is 2.89. The van der Waals surface area contributed by atoms with Gasteiger partial charge in [-0.15, -0.1) is 0 Å². The first-order valence-corrected chi connectivity index (χ1v) is 62.7. The minimum absolute atomic E-state index is 1.37. The van der Waals surface area contributed by atoms with Gasteiger partial charge in [-0.3, -0.25) is 0 Å². The molecule has 0 N–H and O–H groups in total. The van der Waals surface area contributed by atoms with E-state index in [1.54, 1.807) is 115 Å². The number of rotatable bonds is 0. The summed E-state index contributed by atoms with van der Waals surface area (Å²) < 4.78 is 2.62. The van der Waals surface area contributed by atoms with Gasteiger partial charge >= 0.3 is 0 Å². The predicted molar refractivity (Wildman–Crippen MR) is 322 cm³/mol. The molecule has 0 amide bonds. The van der Waals surface area contributed by atoms with E-state index in [0.29, 0.717) is 0 Å². The molecular weight excluding hydrogens is 1390 g/mol. The summed E-state index contributed by atoms with van der Waals surface area (Å²) in [7, 11) is 72.9. The second kappa shape index (κ2) is 52.2. The maximum Gasteiger partial charge on any atom is 0.0298 e. The van der Waals surface area contributed by atoms with E-state index in [2.05, 4.69) is 16.5 Å². The van der Waals surface area contributed by atoms with Crippen molar-refractivity contribution in [1.29, 1.82) is 0 Å². The lowest BCUT2D eigenvalue weighted by Crippen LogP contribution is -1.41. The highest BCUT2D eigenvalue weighted by molar-refractivity contribution is 8.81. The summed E-state index contributed by atoms with van der Waals surface area (Å²) in [6.45, 7) is 0. The Morgan fingerprint density at radius 3 is 0.477 bits per heavy atom. The molecule has 0 fully saturated rings. The lowest BCUT2D eigenvalue weighted by Gasteiger charge is -1.41. The van der Waals surface area contributed by atoms with Gasteiger partial charge in [0.15, 0.2) is 0 Å². The molecule has 0 aliphatic rings. The van der Waals surface area contributed by atoms with Gasteiger partial charge in [0.05, 0.1) is 0 Å². The van der Waals surface area contributed by atoms with Gasteiger partial charge in [-0.25, -0.2) is 0 Å². The van der Waals surface area contributed by atoms with Crippen molar-refractivity contribution in [2.24, 2.45) is 0 Å². The quantitative estimate of drug-likeness (QED) is 0.321. The molecule has 0 saturated carbocycles. The first-order chi connectivity index (χ1) is 21.9. The highest BCUT2D eigenvalue weighted by Gasteiger charge is 1.45. The largest absolute Gasteiger partial charge is 0.0298 e. The molecule has 0 unspecified atom stereocenters. The molecule has 0 nitrogen and oxygen atoms in total. The third-order valence-electron chi connectivity index (χ3n) is 1.15. The van der Waals surface area contributed by atoms with E-state index in [9.17, 15) is 0 Å². The molecule has 0 atom stereocenters. The van der Waals surface area contributed by atoms with E-state index in [1.165, 1.54) is 18.8 Å². The van der Waals surface area contributed by atoms with Gasteiger partial charge in [0, 0.05) is 300 Å². The van der Waals surface area contributed by atoms with Crippen LogP contribution in [0, 0.1) is 0 Å². The van der Waals surface area contributed by atoms with Crippen LogP contribution in [-0.4, -0.2) is 4.31 Å². The molecule has 262 valence electrons. The van der Waals surface area contributed by atoms with Crippen molar-refractivity contribution in [3.8, 4) is 0 Å². The number of hydrogen-bond acceptors (Lipinski definition) is 2. The highest BCUT2D eigenvalue weighted by atomic mass is 33.5. The maximum absolute atomic E-state index is 4.81. The van der Waals surface area contributed by atoms with Gasteiger partial charge in [0.1, 0.15) is 0 Å². The van der Waals surface area contributed by atoms with E-state index < -0.39 is 0 Å². The van der Waals surface area contributed by atoms with E-state index in [-0.39, 0.29) is 0 Å². The Labute approximate surface area is 381 Å². The normalized spacial score (nSPS) is 7.64. The first kappa shape index (κ1) is 53.2. The SMILES string of the molecule is S=C=S=S=S=S=S=S=S=S=S=S=S=S=S=S=S=S=S=S=S=S=S=S=S=S=S=S=S=S=S=S=S=S=S=S=S=S=S=S=S=S=S=S. The molecule has 0 saturated heterocycles. The second-order valence-corrected chi connectivity index (χ2v) is 75.0. The van der Waals surface area contributed by atoms with Crippen molar-refractivity contribution in [1.82, 2.24) is 0 Å². The topological polar surface area (TPSA) is 0 Å². The van der Waals surface area contributed by atoms with Crippen LogP contribution in [0.15, 0.2) is 0 Å². The Morgan fingerprint density at radius 2 is 0.341 bits per heavy atom. The first-order valence-electron chi connectivity index (χ1n) is 7.24. The summed E-state index contributed by atoms with van der Waals surface area (Å²) in [5, 5.41) is 0. The molecule has 0 aromatic heterocycles. The van der Waals surface area contributed by atoms with Crippen molar-refractivity contribution in [2.75, 3.05) is 0 Å². The van der Waals surface area contributed by atoms with Crippen molar-refractivity contribution >= 4 is 393 Å². The monoisotopic (exact) mass is 1390 g/mol. The van der Waals surface area contributed by atoms with Crippen LogP contribution in [0.5, 0.6) is 0 Å². The van der Waals surface area contributed by atoms with Gasteiger partial charge in [-0.1, -0.05) is 0 Å². The molecule has 43 heteroatoms. The Kier molecular flexibility index (Phi) is 63.2. The van der Waals surface area contributed by atoms with E-state index in [0.717, 1.165) is 0 Å². The van der Waals surface area contributed by atoms with Crippen LogP contribution in [0.4, 0.5) is 0 Å². The zero-order valence-corrected chi connectivity index (χ0v) is 53.2. The number of thiocarbonyl (C=S) groups is 1. The molecule has 44 heavy (non-hydrogen) atoms. The van der Waals surface area contributed by atoms with Gasteiger partial charge < -0.3 is 0 Å². The van der Waals surface area contributed by atoms with Crippen molar-refractivity contribution in [3.05, 3.63) is 0 Å². The van der Waals surface area contributed by atoms with Crippen LogP contribution in [0.25, 0.3) is 0 Å². The smallest absolute Gasteiger partial charge is 0.0148 e. The Hall–Kier alpha value is 9.24. The van der Waals surface area contributed by atoms with Crippen LogP contribution >= 0.6 is 12.2 Å². The summed E-state index contributed by atoms with van der Waals surface area (Å²) in [6, 6.07) is 0. The predicted octanol–water partition coefficient (Wildman–Crippen LogP) is 0.269. The van der Waals surface area contributed by atoms with Crippen molar-refractivity contribution in [2.45, 2.75) is 0 Å². The zero-order valence-electron chi connectivity index (χ0n) is 18.1. The van der Waals surface area contributed by atoms with Crippen LogP contribution in [0.1, 0.15) is 0 Å². The summed E-state index contributed by atoms with van der Waals surface area (Å²) in [4.78, 5) is 0. The average molecular weight is 1390 g/mol. The molecular formula is CS43. The van der Waals surface area contributed by atoms with Crippen LogP contribution < -0.4 is 0 Å².